The smallest absolute Gasteiger partial charge is 0.257 e. The first-order valence-electron chi connectivity index (χ1n) is 8.00. The van der Waals surface area contributed by atoms with Crippen LogP contribution < -0.4 is 0 Å². The summed E-state index contributed by atoms with van der Waals surface area (Å²) in [6, 6.07) is 10.0. The van der Waals surface area contributed by atoms with Crippen molar-refractivity contribution >= 4 is 17.5 Å². The van der Waals surface area contributed by atoms with Crippen molar-refractivity contribution in [2.24, 2.45) is 0 Å². The molecule has 0 bridgehead atoms. The molecule has 0 saturated heterocycles. The van der Waals surface area contributed by atoms with Gasteiger partial charge in [0.1, 0.15) is 17.3 Å². The highest BCUT2D eigenvalue weighted by molar-refractivity contribution is 6.30. The first kappa shape index (κ1) is 16.7. The molecule has 1 aliphatic rings. The van der Waals surface area contributed by atoms with Gasteiger partial charge in [-0.3, -0.25) is 4.79 Å². The molecule has 1 aliphatic heterocycles. The van der Waals surface area contributed by atoms with Crippen LogP contribution in [0.3, 0.4) is 0 Å². The lowest BCUT2D eigenvalue weighted by molar-refractivity contribution is 0.0726. The van der Waals surface area contributed by atoms with Gasteiger partial charge < -0.3 is 9.42 Å². The molecule has 0 unspecified atom stereocenters. The Morgan fingerprint density at radius 1 is 1.15 bits per heavy atom. The molecule has 7 heteroatoms. The highest BCUT2D eigenvalue weighted by Crippen LogP contribution is 2.31. The van der Waals surface area contributed by atoms with E-state index in [0.717, 1.165) is 29.3 Å². The summed E-state index contributed by atoms with van der Waals surface area (Å²) >= 11 is 5.90. The number of hydrogen-bond donors (Lipinski definition) is 0. The van der Waals surface area contributed by atoms with Gasteiger partial charge in [0.25, 0.3) is 5.91 Å². The first-order chi connectivity index (χ1) is 12.5. The highest BCUT2D eigenvalue weighted by Gasteiger charge is 2.29. The fraction of sp³-hybridized carbons (Fsp3) is 0.158. The second kappa shape index (κ2) is 6.53. The third kappa shape index (κ3) is 2.97. The number of rotatable bonds is 2. The predicted octanol–water partition coefficient (Wildman–Crippen LogP) is 4.47. The van der Waals surface area contributed by atoms with Gasteiger partial charge in [-0.15, -0.1) is 0 Å². The average Bonchev–Trinajstić information content (AvgIpc) is 3.07. The van der Waals surface area contributed by atoms with Crippen molar-refractivity contribution in [2.75, 3.05) is 6.54 Å². The average molecular weight is 375 g/mol. The van der Waals surface area contributed by atoms with Crippen LogP contribution in [0.4, 0.5) is 8.78 Å². The third-order valence-corrected chi connectivity index (χ3v) is 4.65. The molecule has 0 saturated carbocycles. The molecule has 0 fully saturated rings. The largest absolute Gasteiger partial charge is 0.356 e. The number of benzene rings is 2. The Hall–Kier alpha value is -2.73. The summed E-state index contributed by atoms with van der Waals surface area (Å²) in [5.41, 5.74) is 2.09. The van der Waals surface area contributed by atoms with Gasteiger partial charge in [-0.05, 0) is 48.9 Å². The maximum absolute atomic E-state index is 13.9. The van der Waals surface area contributed by atoms with E-state index < -0.39 is 17.5 Å². The third-order valence-electron chi connectivity index (χ3n) is 4.39. The molecule has 4 rings (SSSR count). The zero-order valence-electron chi connectivity index (χ0n) is 13.5. The molecule has 132 valence electrons. The normalized spacial score (nSPS) is 13.6. The van der Waals surface area contributed by atoms with Crippen molar-refractivity contribution in [1.29, 1.82) is 0 Å². The van der Waals surface area contributed by atoms with Crippen LogP contribution in [0.5, 0.6) is 0 Å². The molecule has 26 heavy (non-hydrogen) atoms. The molecule has 2 heterocycles. The quantitative estimate of drug-likeness (QED) is 0.664. The summed E-state index contributed by atoms with van der Waals surface area (Å²) in [7, 11) is 0. The van der Waals surface area contributed by atoms with Crippen LogP contribution in [0.2, 0.25) is 5.02 Å². The Morgan fingerprint density at radius 2 is 1.92 bits per heavy atom. The molecule has 0 spiro atoms. The van der Waals surface area contributed by atoms with Crippen LogP contribution >= 0.6 is 11.6 Å². The second-order valence-electron chi connectivity index (χ2n) is 6.04. The maximum Gasteiger partial charge on any atom is 0.257 e. The van der Waals surface area contributed by atoms with Crippen molar-refractivity contribution in [3.63, 3.8) is 0 Å². The lowest BCUT2D eigenvalue weighted by Crippen LogP contribution is -2.36. The van der Waals surface area contributed by atoms with Crippen LogP contribution in [0.1, 0.15) is 21.6 Å². The van der Waals surface area contributed by atoms with E-state index in [2.05, 4.69) is 5.16 Å². The lowest BCUT2D eigenvalue weighted by atomic mass is 10.00. The first-order valence-corrected chi connectivity index (χ1v) is 8.38. The number of fused-ring (bicyclic) bond motifs is 1. The number of halogens is 3. The Balaban J connectivity index is 1.60. The van der Waals surface area contributed by atoms with Gasteiger partial charge in [0.2, 0.25) is 0 Å². The summed E-state index contributed by atoms with van der Waals surface area (Å²) in [5, 5.41) is 4.67. The Labute approximate surface area is 153 Å². The van der Waals surface area contributed by atoms with Gasteiger partial charge in [-0.2, -0.15) is 0 Å². The topological polar surface area (TPSA) is 46.3 Å². The van der Waals surface area contributed by atoms with Crippen molar-refractivity contribution in [3.05, 3.63) is 75.9 Å². The van der Waals surface area contributed by atoms with Crippen LogP contribution in [0.25, 0.3) is 11.3 Å². The predicted molar refractivity (Wildman–Crippen MR) is 91.8 cm³/mol. The summed E-state index contributed by atoms with van der Waals surface area (Å²) in [5.74, 6) is -1.33. The summed E-state index contributed by atoms with van der Waals surface area (Å²) in [4.78, 5) is 14.0. The van der Waals surface area contributed by atoms with E-state index in [1.807, 2.05) is 12.1 Å². The fourth-order valence-corrected chi connectivity index (χ4v) is 3.19. The number of hydrogen-bond acceptors (Lipinski definition) is 3. The molecule has 3 aromatic rings. The molecule has 1 amide bonds. The van der Waals surface area contributed by atoms with Crippen LogP contribution in [0, 0.1) is 11.6 Å². The molecule has 0 radical (unpaired) electrons. The van der Waals surface area contributed by atoms with Gasteiger partial charge in [0.15, 0.2) is 5.76 Å². The Morgan fingerprint density at radius 3 is 2.69 bits per heavy atom. The zero-order valence-corrected chi connectivity index (χ0v) is 14.3. The minimum atomic E-state index is -0.746. The molecule has 0 N–H and O–H groups in total. The van der Waals surface area contributed by atoms with E-state index >= 15 is 0 Å². The number of aromatic nitrogens is 1. The summed E-state index contributed by atoms with van der Waals surface area (Å²) < 4.78 is 32.7. The van der Waals surface area contributed by atoms with Gasteiger partial charge in [-0.1, -0.05) is 16.8 Å². The molecular weight excluding hydrogens is 362 g/mol. The highest BCUT2D eigenvalue weighted by atomic mass is 35.5. The molecule has 0 aliphatic carbocycles. The van der Waals surface area contributed by atoms with Crippen molar-refractivity contribution in [1.82, 2.24) is 10.1 Å². The SMILES string of the molecule is O=C(c1cc(F)ccc1F)N1CCc2c(noc2-c2ccc(Cl)cc2)C1. The summed E-state index contributed by atoms with van der Waals surface area (Å²) in [6.45, 7) is 0.546. The van der Waals surface area contributed by atoms with Crippen molar-refractivity contribution in [2.45, 2.75) is 13.0 Å². The zero-order chi connectivity index (χ0) is 18.3. The molecule has 1 aromatic heterocycles. The second-order valence-corrected chi connectivity index (χ2v) is 6.48. The van der Waals surface area contributed by atoms with Gasteiger partial charge in [0, 0.05) is 22.7 Å². The minimum Gasteiger partial charge on any atom is -0.356 e. The summed E-state index contributed by atoms with van der Waals surface area (Å²) in [6.07, 6.45) is 0.513. The van der Waals surface area contributed by atoms with Gasteiger partial charge in [0.05, 0.1) is 12.1 Å². The van der Waals surface area contributed by atoms with E-state index in [9.17, 15) is 13.6 Å². The molecule has 4 nitrogen and oxygen atoms in total. The fourth-order valence-electron chi connectivity index (χ4n) is 3.06. The molecule has 0 atom stereocenters. The van der Waals surface area contributed by atoms with Crippen LogP contribution in [-0.4, -0.2) is 22.5 Å². The number of amides is 1. The van der Waals surface area contributed by atoms with E-state index in [-0.39, 0.29) is 12.1 Å². The number of nitrogens with zero attached hydrogens (tertiary/aromatic N) is 2. The van der Waals surface area contributed by atoms with E-state index in [0.29, 0.717) is 29.4 Å². The van der Waals surface area contributed by atoms with E-state index in [1.54, 1.807) is 12.1 Å². The lowest BCUT2D eigenvalue weighted by Gasteiger charge is -2.26. The van der Waals surface area contributed by atoms with E-state index in [1.165, 1.54) is 4.90 Å². The van der Waals surface area contributed by atoms with Crippen molar-refractivity contribution in [3.8, 4) is 11.3 Å². The monoisotopic (exact) mass is 374 g/mol. The minimum absolute atomic E-state index is 0.182. The standard InChI is InChI=1S/C19H13ClF2N2O2/c20-12-3-1-11(2-4-12)18-14-7-8-24(10-17(14)23-26-18)19(25)15-9-13(21)5-6-16(15)22/h1-6,9H,7-8,10H2. The number of carbonyl (C=O) groups is 1. The van der Waals surface area contributed by atoms with Gasteiger partial charge in [-0.25, -0.2) is 8.78 Å². The van der Waals surface area contributed by atoms with Gasteiger partial charge >= 0.3 is 0 Å². The maximum atomic E-state index is 13.9. The van der Waals surface area contributed by atoms with Crippen LogP contribution in [-0.2, 0) is 13.0 Å². The Kier molecular flexibility index (Phi) is 4.20. The number of carbonyl (C=O) groups excluding carboxylic acids is 1. The molecular formula is C19H13ClF2N2O2. The van der Waals surface area contributed by atoms with E-state index in [4.69, 9.17) is 16.1 Å². The van der Waals surface area contributed by atoms with Crippen LogP contribution in [0.15, 0.2) is 47.0 Å². The van der Waals surface area contributed by atoms with Crippen molar-refractivity contribution < 1.29 is 18.1 Å². The molecule has 2 aromatic carbocycles. The Bertz CT molecular complexity index is 986.